The van der Waals surface area contributed by atoms with Gasteiger partial charge >= 0.3 is 0 Å². The fourth-order valence-electron chi connectivity index (χ4n) is 2.34. The smallest absolute Gasteiger partial charge is 0.105 e. The summed E-state index contributed by atoms with van der Waals surface area (Å²) in [5.41, 5.74) is 1.27. The van der Waals surface area contributed by atoms with Gasteiger partial charge < -0.3 is 14.6 Å². The van der Waals surface area contributed by atoms with Gasteiger partial charge in [0.15, 0.2) is 0 Å². The molecule has 0 saturated carbocycles. The zero-order chi connectivity index (χ0) is 13.9. The maximum absolute atomic E-state index is 5.61. The number of aryl methyl sites for hydroxylation is 2. The van der Waals surface area contributed by atoms with E-state index in [0.717, 1.165) is 18.1 Å². The van der Waals surface area contributed by atoms with Crippen LogP contribution in [0.15, 0.2) is 10.5 Å². The van der Waals surface area contributed by atoms with Gasteiger partial charge in [-0.05, 0) is 46.9 Å². The molecule has 0 aliphatic carbocycles. The number of nitrogens with one attached hydrogen (secondary N) is 1. The molecule has 1 aromatic rings. The molecule has 0 bridgehead atoms. The van der Waals surface area contributed by atoms with Gasteiger partial charge in [0.2, 0.25) is 0 Å². The van der Waals surface area contributed by atoms with Gasteiger partial charge in [0, 0.05) is 24.2 Å². The molecule has 2 unspecified atom stereocenters. The molecule has 0 aliphatic rings. The van der Waals surface area contributed by atoms with Crippen molar-refractivity contribution in [1.29, 1.82) is 0 Å². The third-order valence-corrected chi connectivity index (χ3v) is 3.38. The maximum Gasteiger partial charge on any atom is 0.105 e. The molecule has 104 valence electrons. The lowest BCUT2D eigenvalue weighted by molar-refractivity contribution is 0.273. The van der Waals surface area contributed by atoms with Crippen LogP contribution < -0.4 is 5.32 Å². The SMILES string of the molecule is Cc1cc(C(C)NC(CN(C)C)C(C)C)c(C)o1. The van der Waals surface area contributed by atoms with Crippen LogP contribution in [0.5, 0.6) is 0 Å². The first-order chi connectivity index (χ1) is 8.31. The summed E-state index contributed by atoms with van der Waals surface area (Å²) in [6, 6.07) is 2.96. The molecule has 0 amide bonds. The minimum absolute atomic E-state index is 0.329. The van der Waals surface area contributed by atoms with Gasteiger partial charge in [0.25, 0.3) is 0 Å². The average molecular weight is 252 g/mol. The summed E-state index contributed by atoms with van der Waals surface area (Å²) in [5, 5.41) is 3.72. The van der Waals surface area contributed by atoms with E-state index in [-0.39, 0.29) is 0 Å². The minimum Gasteiger partial charge on any atom is -0.466 e. The van der Waals surface area contributed by atoms with Crippen LogP contribution in [0.3, 0.4) is 0 Å². The minimum atomic E-state index is 0.329. The second kappa shape index (κ2) is 6.39. The van der Waals surface area contributed by atoms with E-state index in [1.54, 1.807) is 0 Å². The van der Waals surface area contributed by atoms with Crippen molar-refractivity contribution < 1.29 is 4.42 Å². The van der Waals surface area contributed by atoms with E-state index in [2.05, 4.69) is 51.1 Å². The Bertz CT molecular complexity index is 369. The van der Waals surface area contributed by atoms with E-state index in [0.29, 0.717) is 18.0 Å². The summed E-state index contributed by atoms with van der Waals surface area (Å²) < 4.78 is 5.61. The summed E-state index contributed by atoms with van der Waals surface area (Å²) in [6.07, 6.45) is 0. The fraction of sp³-hybridized carbons (Fsp3) is 0.733. The van der Waals surface area contributed by atoms with Gasteiger partial charge in [-0.15, -0.1) is 0 Å². The molecule has 0 saturated heterocycles. The number of rotatable bonds is 6. The molecule has 1 rings (SSSR count). The van der Waals surface area contributed by atoms with Crippen molar-refractivity contribution in [3.63, 3.8) is 0 Å². The Kier molecular flexibility index (Phi) is 5.42. The Morgan fingerprint density at radius 1 is 1.22 bits per heavy atom. The van der Waals surface area contributed by atoms with E-state index in [9.17, 15) is 0 Å². The van der Waals surface area contributed by atoms with E-state index >= 15 is 0 Å². The van der Waals surface area contributed by atoms with Crippen molar-refractivity contribution in [2.75, 3.05) is 20.6 Å². The predicted octanol–water partition coefficient (Wildman–Crippen LogP) is 3.13. The molecule has 1 aromatic heterocycles. The second-order valence-corrected chi connectivity index (χ2v) is 5.87. The Morgan fingerprint density at radius 3 is 2.22 bits per heavy atom. The maximum atomic E-state index is 5.61. The van der Waals surface area contributed by atoms with E-state index in [4.69, 9.17) is 4.42 Å². The summed E-state index contributed by atoms with van der Waals surface area (Å²) in [7, 11) is 4.24. The molecule has 0 aliphatic heterocycles. The molecule has 0 fully saturated rings. The topological polar surface area (TPSA) is 28.4 Å². The lowest BCUT2D eigenvalue weighted by atomic mass is 10.0. The van der Waals surface area contributed by atoms with E-state index < -0.39 is 0 Å². The van der Waals surface area contributed by atoms with Gasteiger partial charge in [-0.25, -0.2) is 0 Å². The molecule has 0 radical (unpaired) electrons. The highest BCUT2D eigenvalue weighted by molar-refractivity contribution is 5.23. The van der Waals surface area contributed by atoms with Crippen molar-refractivity contribution in [1.82, 2.24) is 10.2 Å². The summed E-state index contributed by atoms with van der Waals surface area (Å²) in [6.45, 7) is 11.8. The summed E-state index contributed by atoms with van der Waals surface area (Å²) in [4.78, 5) is 2.23. The molecule has 3 nitrogen and oxygen atoms in total. The largest absolute Gasteiger partial charge is 0.466 e. The summed E-state index contributed by atoms with van der Waals surface area (Å²) in [5.74, 6) is 2.63. The van der Waals surface area contributed by atoms with Crippen LogP contribution in [0, 0.1) is 19.8 Å². The van der Waals surface area contributed by atoms with Crippen LogP contribution in [-0.4, -0.2) is 31.6 Å². The van der Waals surface area contributed by atoms with Crippen molar-refractivity contribution in [3.05, 3.63) is 23.2 Å². The fourth-order valence-corrected chi connectivity index (χ4v) is 2.34. The predicted molar refractivity (Wildman–Crippen MR) is 76.9 cm³/mol. The lowest BCUT2D eigenvalue weighted by Crippen LogP contribution is -2.43. The lowest BCUT2D eigenvalue weighted by Gasteiger charge is -2.29. The molecule has 1 heterocycles. The molecular formula is C15H28N2O. The molecule has 3 heteroatoms. The van der Waals surface area contributed by atoms with Crippen LogP contribution in [-0.2, 0) is 0 Å². The third-order valence-electron chi connectivity index (χ3n) is 3.38. The van der Waals surface area contributed by atoms with Crippen molar-refractivity contribution in [3.8, 4) is 0 Å². The van der Waals surface area contributed by atoms with Crippen LogP contribution in [0.4, 0.5) is 0 Å². The monoisotopic (exact) mass is 252 g/mol. The first kappa shape index (κ1) is 15.3. The standard InChI is InChI=1S/C15H28N2O/c1-10(2)15(9-17(6)7)16-12(4)14-8-11(3)18-13(14)5/h8,10,12,15-16H,9H2,1-7H3. The highest BCUT2D eigenvalue weighted by atomic mass is 16.3. The third kappa shape index (κ3) is 4.14. The van der Waals surface area contributed by atoms with Gasteiger partial charge in [0.05, 0.1) is 0 Å². The first-order valence-electron chi connectivity index (χ1n) is 6.79. The molecule has 1 N–H and O–H groups in total. The number of hydrogen-bond donors (Lipinski definition) is 1. The van der Waals surface area contributed by atoms with Crippen molar-refractivity contribution in [2.45, 2.75) is 46.7 Å². The normalized spacial score (nSPS) is 15.4. The molecule has 0 spiro atoms. The Balaban J connectivity index is 2.72. The summed E-state index contributed by atoms with van der Waals surface area (Å²) >= 11 is 0. The van der Waals surface area contributed by atoms with E-state index in [1.165, 1.54) is 5.56 Å². The zero-order valence-corrected chi connectivity index (χ0v) is 12.9. The molecular weight excluding hydrogens is 224 g/mol. The van der Waals surface area contributed by atoms with Gasteiger partial charge in [-0.1, -0.05) is 13.8 Å². The van der Waals surface area contributed by atoms with E-state index in [1.807, 2.05) is 13.8 Å². The Morgan fingerprint density at radius 2 is 1.83 bits per heavy atom. The highest BCUT2D eigenvalue weighted by Crippen LogP contribution is 2.22. The Hall–Kier alpha value is -0.800. The van der Waals surface area contributed by atoms with Crippen LogP contribution in [0.25, 0.3) is 0 Å². The number of hydrogen-bond acceptors (Lipinski definition) is 3. The Labute approximate surface area is 112 Å². The zero-order valence-electron chi connectivity index (χ0n) is 12.9. The molecule has 2 atom stereocenters. The molecule has 18 heavy (non-hydrogen) atoms. The second-order valence-electron chi connectivity index (χ2n) is 5.87. The first-order valence-corrected chi connectivity index (χ1v) is 6.79. The highest BCUT2D eigenvalue weighted by Gasteiger charge is 2.19. The van der Waals surface area contributed by atoms with Crippen LogP contribution >= 0.6 is 0 Å². The number of furan rings is 1. The van der Waals surface area contributed by atoms with Crippen molar-refractivity contribution >= 4 is 0 Å². The van der Waals surface area contributed by atoms with Crippen molar-refractivity contribution in [2.24, 2.45) is 5.92 Å². The van der Waals surface area contributed by atoms with Crippen LogP contribution in [0.1, 0.15) is 43.9 Å². The van der Waals surface area contributed by atoms with Gasteiger partial charge in [-0.3, -0.25) is 0 Å². The van der Waals surface area contributed by atoms with Crippen LogP contribution in [0.2, 0.25) is 0 Å². The van der Waals surface area contributed by atoms with Gasteiger partial charge in [-0.2, -0.15) is 0 Å². The van der Waals surface area contributed by atoms with Gasteiger partial charge in [0.1, 0.15) is 11.5 Å². The average Bonchev–Trinajstić information content (AvgIpc) is 2.56. The number of likely N-dealkylation sites (N-methyl/N-ethyl adjacent to an activating group) is 1. The quantitative estimate of drug-likeness (QED) is 0.843. The number of nitrogens with zero attached hydrogens (tertiary/aromatic N) is 1. The molecule has 0 aromatic carbocycles.